The molecule has 2 heterocycles. The molecule has 3 rings (SSSR count). The molecule has 0 aliphatic carbocycles. The summed E-state index contributed by atoms with van der Waals surface area (Å²) in [5, 5.41) is 2.97. The Morgan fingerprint density at radius 2 is 1.85 bits per heavy atom. The average molecular weight is 360 g/mol. The minimum atomic E-state index is -0.306. The molecule has 1 N–H and O–H groups in total. The van der Waals surface area contributed by atoms with Gasteiger partial charge in [-0.2, -0.15) is 0 Å². The van der Waals surface area contributed by atoms with Gasteiger partial charge in [0.05, 0.1) is 17.6 Å². The van der Waals surface area contributed by atoms with Crippen molar-refractivity contribution in [2.45, 2.75) is 32.4 Å². The molecule has 26 heavy (non-hydrogen) atoms. The number of benzene rings is 1. The second kappa shape index (κ2) is 7.63. The van der Waals surface area contributed by atoms with Gasteiger partial charge in [0, 0.05) is 26.2 Å². The van der Waals surface area contributed by atoms with E-state index in [1.54, 1.807) is 23.4 Å². The Morgan fingerprint density at radius 1 is 1.19 bits per heavy atom. The van der Waals surface area contributed by atoms with Gasteiger partial charge in [-0.1, -0.05) is 12.1 Å². The van der Waals surface area contributed by atoms with Crippen molar-refractivity contribution in [2.24, 2.45) is 7.05 Å². The number of para-hydroxylation sites is 2. The molecule has 8 heteroatoms. The van der Waals surface area contributed by atoms with Crippen LogP contribution >= 0.6 is 0 Å². The topological polar surface area (TPSA) is 85.6 Å². The highest BCUT2D eigenvalue weighted by atomic mass is 16.6. The third kappa shape index (κ3) is 3.58. The largest absolute Gasteiger partial charge is 0.450 e. The molecule has 0 bridgehead atoms. The molecule has 1 aliphatic heterocycles. The maximum absolute atomic E-state index is 12.4. The predicted molar refractivity (Wildman–Crippen MR) is 96.9 cm³/mol. The van der Waals surface area contributed by atoms with E-state index < -0.39 is 0 Å². The summed E-state index contributed by atoms with van der Waals surface area (Å²) in [7, 11) is 1.70. The third-order valence-corrected chi connectivity index (χ3v) is 4.74. The van der Waals surface area contributed by atoms with E-state index in [9.17, 15) is 14.4 Å². The van der Waals surface area contributed by atoms with Crippen molar-refractivity contribution >= 4 is 23.0 Å². The van der Waals surface area contributed by atoms with E-state index in [1.165, 1.54) is 4.57 Å². The van der Waals surface area contributed by atoms with Gasteiger partial charge in [-0.25, -0.2) is 9.59 Å². The fraction of sp³-hybridized carbons (Fsp3) is 0.500. The number of aryl methyl sites for hydroxylation is 1. The number of aromatic nitrogens is 2. The molecule has 0 spiro atoms. The number of fused-ring (bicyclic) bond motifs is 1. The van der Waals surface area contributed by atoms with E-state index in [-0.39, 0.29) is 30.3 Å². The van der Waals surface area contributed by atoms with E-state index >= 15 is 0 Å². The molecule has 8 nitrogen and oxygen atoms in total. The van der Waals surface area contributed by atoms with Crippen molar-refractivity contribution in [2.75, 3.05) is 19.7 Å². The molecule has 1 fully saturated rings. The van der Waals surface area contributed by atoms with Crippen LogP contribution in [0.1, 0.15) is 19.8 Å². The number of rotatable bonds is 4. The lowest BCUT2D eigenvalue weighted by Crippen LogP contribution is -2.47. The van der Waals surface area contributed by atoms with Gasteiger partial charge in [-0.15, -0.1) is 0 Å². The Bertz CT molecular complexity index is 862. The van der Waals surface area contributed by atoms with Crippen molar-refractivity contribution < 1.29 is 14.3 Å². The highest BCUT2D eigenvalue weighted by Gasteiger charge is 2.25. The number of amides is 2. The van der Waals surface area contributed by atoms with Gasteiger partial charge in [-0.3, -0.25) is 13.9 Å². The van der Waals surface area contributed by atoms with Crippen LogP contribution in [-0.4, -0.2) is 51.8 Å². The summed E-state index contributed by atoms with van der Waals surface area (Å²) in [6.07, 6.45) is 1.05. The number of nitrogens with one attached hydrogen (secondary N) is 1. The van der Waals surface area contributed by atoms with Crippen LogP contribution in [0.2, 0.25) is 0 Å². The number of carbonyl (C=O) groups excluding carboxylic acids is 2. The summed E-state index contributed by atoms with van der Waals surface area (Å²) in [5.41, 5.74) is 1.33. The van der Waals surface area contributed by atoms with Crippen LogP contribution < -0.4 is 11.0 Å². The summed E-state index contributed by atoms with van der Waals surface area (Å²) in [4.78, 5) is 38.2. The quantitative estimate of drug-likeness (QED) is 0.884. The summed E-state index contributed by atoms with van der Waals surface area (Å²) in [6.45, 7) is 3.23. The number of nitrogens with zero attached hydrogens (tertiary/aromatic N) is 3. The highest BCUT2D eigenvalue weighted by Crippen LogP contribution is 2.13. The summed E-state index contributed by atoms with van der Waals surface area (Å²) in [5.74, 6) is -0.196. The first kappa shape index (κ1) is 18.0. The Kier molecular flexibility index (Phi) is 5.29. The number of likely N-dealkylation sites (tertiary alicyclic amines) is 1. The smallest absolute Gasteiger partial charge is 0.409 e. The van der Waals surface area contributed by atoms with Crippen molar-refractivity contribution in [3.05, 3.63) is 34.7 Å². The van der Waals surface area contributed by atoms with Crippen LogP contribution in [0.5, 0.6) is 0 Å². The molecule has 0 atom stereocenters. The van der Waals surface area contributed by atoms with Crippen LogP contribution in [0.15, 0.2) is 29.1 Å². The highest BCUT2D eigenvalue weighted by molar-refractivity contribution is 5.81. The van der Waals surface area contributed by atoms with Gasteiger partial charge in [0.15, 0.2) is 0 Å². The molecular weight excluding hydrogens is 336 g/mol. The zero-order valence-electron chi connectivity index (χ0n) is 15.1. The molecule has 2 aromatic rings. The summed E-state index contributed by atoms with van der Waals surface area (Å²) < 4.78 is 8.02. The van der Waals surface area contributed by atoms with E-state index in [2.05, 4.69) is 5.32 Å². The zero-order chi connectivity index (χ0) is 18.7. The van der Waals surface area contributed by atoms with Crippen molar-refractivity contribution in [1.29, 1.82) is 0 Å². The fourth-order valence-corrected chi connectivity index (χ4v) is 3.35. The number of imidazole rings is 1. The maximum Gasteiger partial charge on any atom is 0.409 e. The van der Waals surface area contributed by atoms with Crippen LogP contribution in [0, 0.1) is 0 Å². The number of ether oxygens (including phenoxy) is 1. The number of hydrogen-bond donors (Lipinski definition) is 1. The second-order valence-corrected chi connectivity index (χ2v) is 6.44. The van der Waals surface area contributed by atoms with Crippen molar-refractivity contribution in [3.63, 3.8) is 0 Å². The zero-order valence-corrected chi connectivity index (χ0v) is 15.1. The minimum absolute atomic E-state index is 0.00106. The predicted octanol–water partition coefficient (Wildman–Crippen LogP) is 1.08. The van der Waals surface area contributed by atoms with E-state index in [4.69, 9.17) is 4.74 Å². The number of carbonyl (C=O) groups is 2. The SMILES string of the molecule is CCOC(=O)N1CCC(NC(=O)Cn2c(=O)n(C)c3ccccc32)CC1. The third-order valence-electron chi connectivity index (χ3n) is 4.74. The molecule has 0 unspecified atom stereocenters. The summed E-state index contributed by atoms with van der Waals surface area (Å²) >= 11 is 0. The second-order valence-electron chi connectivity index (χ2n) is 6.44. The van der Waals surface area contributed by atoms with Gasteiger partial charge >= 0.3 is 11.8 Å². The molecule has 0 saturated carbocycles. The first-order valence-electron chi connectivity index (χ1n) is 8.86. The Labute approximate surface area is 151 Å². The van der Waals surface area contributed by atoms with E-state index in [0.717, 1.165) is 11.0 Å². The number of piperidine rings is 1. The molecule has 1 aromatic heterocycles. The maximum atomic E-state index is 12.4. The number of hydrogen-bond acceptors (Lipinski definition) is 4. The standard InChI is InChI=1S/C18H24N4O4/c1-3-26-18(25)21-10-8-13(9-11-21)19-16(23)12-22-15-7-5-4-6-14(15)20(2)17(22)24/h4-7,13H,3,8-12H2,1-2H3,(H,19,23). The lowest BCUT2D eigenvalue weighted by atomic mass is 10.1. The molecule has 2 amide bonds. The average Bonchev–Trinajstić information content (AvgIpc) is 2.88. The van der Waals surface area contributed by atoms with Crippen LogP contribution in [0.3, 0.4) is 0 Å². The molecule has 1 saturated heterocycles. The molecule has 1 aliphatic rings. The summed E-state index contributed by atoms with van der Waals surface area (Å²) in [6, 6.07) is 7.40. The molecule has 140 valence electrons. The Hall–Kier alpha value is -2.77. The van der Waals surface area contributed by atoms with Crippen molar-refractivity contribution in [3.8, 4) is 0 Å². The van der Waals surface area contributed by atoms with Gasteiger partial charge in [0.1, 0.15) is 6.54 Å². The van der Waals surface area contributed by atoms with Gasteiger partial charge in [0.25, 0.3) is 0 Å². The Morgan fingerprint density at radius 3 is 2.50 bits per heavy atom. The minimum Gasteiger partial charge on any atom is -0.450 e. The fourth-order valence-electron chi connectivity index (χ4n) is 3.35. The first-order valence-corrected chi connectivity index (χ1v) is 8.86. The normalized spacial score (nSPS) is 15.2. The molecule has 1 aromatic carbocycles. The molecule has 0 radical (unpaired) electrons. The lowest BCUT2D eigenvalue weighted by molar-refractivity contribution is -0.122. The Balaban J connectivity index is 1.60. The van der Waals surface area contributed by atoms with Crippen molar-refractivity contribution in [1.82, 2.24) is 19.4 Å². The van der Waals surface area contributed by atoms with E-state index in [0.29, 0.717) is 32.5 Å². The first-order chi connectivity index (χ1) is 12.5. The van der Waals surface area contributed by atoms with E-state index in [1.807, 2.05) is 24.3 Å². The van der Waals surface area contributed by atoms with Crippen LogP contribution in [0.25, 0.3) is 11.0 Å². The van der Waals surface area contributed by atoms with Gasteiger partial charge < -0.3 is 15.0 Å². The van der Waals surface area contributed by atoms with Gasteiger partial charge in [-0.05, 0) is 31.9 Å². The van der Waals surface area contributed by atoms with Gasteiger partial charge in [0.2, 0.25) is 5.91 Å². The van der Waals surface area contributed by atoms with Crippen LogP contribution in [0.4, 0.5) is 4.79 Å². The monoisotopic (exact) mass is 360 g/mol. The van der Waals surface area contributed by atoms with Crippen LogP contribution in [-0.2, 0) is 23.1 Å². The molecular formula is C18H24N4O4. The lowest BCUT2D eigenvalue weighted by Gasteiger charge is -2.31.